The summed E-state index contributed by atoms with van der Waals surface area (Å²) in [5.41, 5.74) is -0.861. The summed E-state index contributed by atoms with van der Waals surface area (Å²) in [6, 6.07) is 4.90. The number of piperidine rings is 1. The molecular formula is C16H18F4N4O3S. The second-order valence-corrected chi connectivity index (χ2v) is 8.55. The molecule has 1 aliphatic heterocycles. The van der Waals surface area contributed by atoms with E-state index in [9.17, 15) is 30.8 Å². The van der Waals surface area contributed by atoms with Gasteiger partial charge in [-0.15, -0.1) is 5.10 Å². The molecule has 0 radical (unpaired) electrons. The maximum absolute atomic E-state index is 13.7. The quantitative estimate of drug-likeness (QED) is 0.706. The maximum atomic E-state index is 13.7. The van der Waals surface area contributed by atoms with Crippen LogP contribution in [0.15, 0.2) is 29.1 Å². The zero-order valence-corrected chi connectivity index (χ0v) is 15.7. The van der Waals surface area contributed by atoms with Gasteiger partial charge in [0, 0.05) is 25.7 Å². The molecule has 0 saturated carbocycles. The Morgan fingerprint density at radius 3 is 2.32 bits per heavy atom. The van der Waals surface area contributed by atoms with Crippen molar-refractivity contribution in [2.24, 2.45) is 7.05 Å². The van der Waals surface area contributed by atoms with Crippen LogP contribution in [0.2, 0.25) is 0 Å². The Labute approximate surface area is 158 Å². The SMILES string of the molecule is Cn1c(C(F)(F)F)nn(C2CCN(S(=O)(=O)Cc3ccccc3F)CC2)c1=O. The van der Waals surface area contributed by atoms with Gasteiger partial charge in [-0.2, -0.15) is 13.2 Å². The Morgan fingerprint density at radius 1 is 1.18 bits per heavy atom. The van der Waals surface area contributed by atoms with Crippen molar-refractivity contribution in [2.75, 3.05) is 13.1 Å². The lowest BCUT2D eigenvalue weighted by molar-refractivity contribution is -0.147. The first-order chi connectivity index (χ1) is 13.0. The van der Waals surface area contributed by atoms with Crippen molar-refractivity contribution < 1.29 is 26.0 Å². The standard InChI is InChI=1S/C16H18F4N4O3S/c1-22-14(16(18,19)20)21-24(15(22)25)12-6-8-23(9-7-12)28(26,27)10-11-4-2-3-5-13(11)17/h2-5,12H,6-10H2,1H3. The van der Waals surface area contributed by atoms with E-state index in [1.54, 1.807) is 0 Å². The van der Waals surface area contributed by atoms with Gasteiger partial charge < -0.3 is 0 Å². The number of alkyl halides is 3. The molecule has 12 heteroatoms. The minimum absolute atomic E-state index is 0.00577. The van der Waals surface area contributed by atoms with Crippen molar-refractivity contribution in [3.63, 3.8) is 0 Å². The largest absolute Gasteiger partial charge is 0.451 e. The third kappa shape index (κ3) is 3.97. The van der Waals surface area contributed by atoms with E-state index in [1.807, 2.05) is 0 Å². The summed E-state index contributed by atoms with van der Waals surface area (Å²) in [6.07, 6.45) is -4.50. The van der Waals surface area contributed by atoms with Crippen LogP contribution in [0.3, 0.4) is 0 Å². The van der Waals surface area contributed by atoms with E-state index < -0.39 is 45.3 Å². The van der Waals surface area contributed by atoms with Crippen LogP contribution in [0, 0.1) is 5.82 Å². The second kappa shape index (κ2) is 7.32. The molecule has 0 atom stereocenters. The molecular weight excluding hydrogens is 404 g/mol. The molecule has 1 aromatic heterocycles. The lowest BCUT2D eigenvalue weighted by Gasteiger charge is -2.30. The predicted octanol–water partition coefficient (Wildman–Crippen LogP) is 1.91. The highest BCUT2D eigenvalue weighted by Crippen LogP contribution is 2.29. The fraction of sp³-hybridized carbons (Fsp3) is 0.500. The summed E-state index contributed by atoms with van der Waals surface area (Å²) in [5.74, 6) is -2.43. The normalized spacial score (nSPS) is 17.2. The van der Waals surface area contributed by atoms with Crippen LogP contribution in [0.1, 0.15) is 30.3 Å². The number of rotatable bonds is 4. The maximum Gasteiger partial charge on any atom is 0.451 e. The third-order valence-corrected chi connectivity index (χ3v) is 6.54. The van der Waals surface area contributed by atoms with E-state index in [0.717, 1.165) is 16.0 Å². The summed E-state index contributed by atoms with van der Waals surface area (Å²) in [5, 5.41) is 3.40. The van der Waals surface area contributed by atoms with Crippen LogP contribution in [0.4, 0.5) is 17.6 Å². The first kappa shape index (κ1) is 20.5. The van der Waals surface area contributed by atoms with Gasteiger partial charge in [0.25, 0.3) is 0 Å². The summed E-state index contributed by atoms with van der Waals surface area (Å²) in [6.45, 7) is 0.0115. The van der Waals surface area contributed by atoms with Crippen LogP contribution in [-0.4, -0.2) is 40.2 Å². The topological polar surface area (TPSA) is 77.2 Å². The summed E-state index contributed by atoms with van der Waals surface area (Å²) < 4.78 is 79.9. The van der Waals surface area contributed by atoms with Gasteiger partial charge in [0.2, 0.25) is 15.8 Å². The second-order valence-electron chi connectivity index (χ2n) is 6.59. The number of hydrogen-bond donors (Lipinski definition) is 0. The molecule has 1 aliphatic rings. The molecule has 1 saturated heterocycles. The van der Waals surface area contributed by atoms with Crippen LogP contribution in [0.25, 0.3) is 0 Å². The van der Waals surface area contributed by atoms with Gasteiger partial charge in [-0.1, -0.05) is 18.2 Å². The van der Waals surface area contributed by atoms with Crippen LogP contribution < -0.4 is 5.69 Å². The number of hydrogen-bond acceptors (Lipinski definition) is 4. The Kier molecular flexibility index (Phi) is 5.36. The third-order valence-electron chi connectivity index (χ3n) is 4.72. The number of halogens is 4. The lowest BCUT2D eigenvalue weighted by Crippen LogP contribution is -2.41. The fourth-order valence-electron chi connectivity index (χ4n) is 3.21. The van der Waals surface area contributed by atoms with E-state index in [-0.39, 0.29) is 31.5 Å². The van der Waals surface area contributed by atoms with Crippen molar-refractivity contribution in [1.82, 2.24) is 18.7 Å². The zero-order chi connectivity index (χ0) is 20.7. The first-order valence-electron chi connectivity index (χ1n) is 8.44. The average Bonchev–Trinajstić information content (AvgIpc) is 2.92. The molecule has 28 heavy (non-hydrogen) atoms. The predicted molar refractivity (Wildman–Crippen MR) is 91.3 cm³/mol. The highest BCUT2D eigenvalue weighted by molar-refractivity contribution is 7.88. The van der Waals surface area contributed by atoms with Gasteiger partial charge in [0.15, 0.2) is 0 Å². The van der Waals surface area contributed by atoms with Crippen molar-refractivity contribution in [3.05, 3.63) is 52.0 Å². The smallest absolute Gasteiger partial charge is 0.274 e. The number of sulfonamides is 1. The van der Waals surface area contributed by atoms with E-state index in [4.69, 9.17) is 0 Å². The number of aromatic nitrogens is 3. The van der Waals surface area contributed by atoms with Crippen LogP contribution >= 0.6 is 0 Å². The highest BCUT2D eigenvalue weighted by Gasteiger charge is 2.39. The zero-order valence-electron chi connectivity index (χ0n) is 14.9. The first-order valence-corrected chi connectivity index (χ1v) is 10.1. The Morgan fingerprint density at radius 2 is 1.79 bits per heavy atom. The average molecular weight is 422 g/mol. The molecule has 1 fully saturated rings. The molecule has 2 aromatic rings. The minimum atomic E-state index is -4.76. The van der Waals surface area contributed by atoms with Gasteiger partial charge in [0.05, 0.1) is 11.8 Å². The van der Waals surface area contributed by atoms with Crippen LogP contribution in [0.5, 0.6) is 0 Å². The molecule has 0 aliphatic carbocycles. The molecule has 3 rings (SSSR count). The molecule has 7 nitrogen and oxygen atoms in total. The van der Waals surface area contributed by atoms with Gasteiger partial charge in [-0.3, -0.25) is 4.57 Å². The molecule has 0 N–H and O–H groups in total. The molecule has 0 spiro atoms. The molecule has 0 bridgehead atoms. The van der Waals surface area contributed by atoms with E-state index in [0.29, 0.717) is 4.57 Å². The van der Waals surface area contributed by atoms with Crippen molar-refractivity contribution in [3.8, 4) is 0 Å². The monoisotopic (exact) mass is 422 g/mol. The van der Waals surface area contributed by atoms with Crippen molar-refractivity contribution >= 4 is 10.0 Å². The molecule has 1 aromatic carbocycles. The number of benzene rings is 1. The summed E-state index contributed by atoms with van der Waals surface area (Å²) in [7, 11) is -2.81. The van der Waals surface area contributed by atoms with Gasteiger partial charge in [0.1, 0.15) is 5.82 Å². The van der Waals surface area contributed by atoms with Crippen molar-refractivity contribution in [1.29, 1.82) is 0 Å². The van der Waals surface area contributed by atoms with Crippen molar-refractivity contribution in [2.45, 2.75) is 30.8 Å². The van der Waals surface area contributed by atoms with Crippen LogP contribution in [-0.2, 0) is 29.0 Å². The lowest BCUT2D eigenvalue weighted by atomic mass is 10.1. The highest BCUT2D eigenvalue weighted by atomic mass is 32.2. The Balaban J connectivity index is 1.73. The Hall–Kier alpha value is -2.21. The van der Waals surface area contributed by atoms with E-state index in [2.05, 4.69) is 5.10 Å². The minimum Gasteiger partial charge on any atom is -0.274 e. The molecule has 0 amide bonds. The summed E-state index contributed by atoms with van der Waals surface area (Å²) >= 11 is 0. The van der Waals surface area contributed by atoms with E-state index >= 15 is 0 Å². The van der Waals surface area contributed by atoms with Gasteiger partial charge >= 0.3 is 11.9 Å². The molecule has 2 heterocycles. The summed E-state index contributed by atoms with van der Waals surface area (Å²) in [4.78, 5) is 12.1. The van der Waals surface area contributed by atoms with E-state index in [1.165, 1.54) is 24.3 Å². The number of nitrogens with zero attached hydrogens (tertiary/aromatic N) is 4. The molecule has 0 unspecified atom stereocenters. The molecule has 154 valence electrons. The van der Waals surface area contributed by atoms with Gasteiger partial charge in [-0.05, 0) is 18.9 Å². The van der Waals surface area contributed by atoms with Gasteiger partial charge in [-0.25, -0.2) is 26.6 Å². The fourth-order valence-corrected chi connectivity index (χ4v) is 4.79. The Bertz CT molecular complexity index is 1020.